The fraction of sp³-hybridized carbons (Fsp3) is 0.500. The maximum Gasteiger partial charge on any atom is 0.305 e. The summed E-state index contributed by atoms with van der Waals surface area (Å²) in [5, 5.41) is 0. The van der Waals surface area contributed by atoms with Crippen molar-refractivity contribution in [2.24, 2.45) is 0 Å². The molecule has 0 atom stereocenters. The van der Waals surface area contributed by atoms with Crippen molar-refractivity contribution in [3.05, 3.63) is 18.2 Å². The number of hydrogen-bond donors (Lipinski definition) is 1. The van der Waals surface area contributed by atoms with Crippen LogP contribution >= 0.6 is 0 Å². The van der Waals surface area contributed by atoms with E-state index in [1.165, 1.54) is 7.11 Å². The largest absolute Gasteiger partial charge is 0.469 e. The highest BCUT2D eigenvalue weighted by Gasteiger charge is 2.00. The highest BCUT2D eigenvalue weighted by atomic mass is 16.5. The number of aromatic nitrogens is 2. The maximum absolute atomic E-state index is 10.7. The first-order chi connectivity index (χ1) is 5.83. The van der Waals surface area contributed by atoms with E-state index >= 15 is 0 Å². The van der Waals surface area contributed by atoms with Crippen molar-refractivity contribution in [1.29, 1.82) is 0 Å². The molecule has 1 rings (SSSR count). The molecule has 0 aromatic carbocycles. The summed E-state index contributed by atoms with van der Waals surface area (Å²) >= 11 is 0. The first-order valence-corrected chi connectivity index (χ1v) is 3.80. The predicted octanol–water partition coefficient (Wildman–Crippen LogP) is 0.706. The second kappa shape index (κ2) is 4.54. The van der Waals surface area contributed by atoms with Gasteiger partial charge in [0.05, 0.1) is 7.11 Å². The van der Waals surface area contributed by atoms with E-state index in [2.05, 4.69) is 20.9 Å². The quantitative estimate of drug-likeness (QED) is 0.672. The van der Waals surface area contributed by atoms with E-state index in [1.54, 1.807) is 6.20 Å². The molecule has 0 aliphatic rings. The zero-order chi connectivity index (χ0) is 8.81. The van der Waals surface area contributed by atoms with Crippen LogP contribution in [-0.2, 0) is 16.0 Å². The lowest BCUT2D eigenvalue weighted by atomic mass is 10.2. The van der Waals surface area contributed by atoms with Crippen LogP contribution in [0.5, 0.6) is 0 Å². The number of imidazole rings is 1. The van der Waals surface area contributed by atoms with Crippen LogP contribution in [0.3, 0.4) is 0 Å². The lowest BCUT2D eigenvalue weighted by Crippen LogP contribution is -2.00. The molecule has 0 amide bonds. The summed E-state index contributed by atoms with van der Waals surface area (Å²) in [6, 6.07) is 0. The number of carbonyl (C=O) groups excluding carboxylic acids is 1. The van der Waals surface area contributed by atoms with Crippen molar-refractivity contribution in [3.63, 3.8) is 0 Å². The molecule has 0 saturated heterocycles. The number of esters is 1. The Labute approximate surface area is 71.0 Å². The van der Waals surface area contributed by atoms with Gasteiger partial charge in [0, 0.05) is 19.0 Å². The average molecular weight is 167 g/mol. The van der Waals surface area contributed by atoms with Gasteiger partial charge in [0.15, 0.2) is 0 Å². The Balaban J connectivity index is 2.15. The molecule has 0 unspecified atom stereocenters. The van der Waals surface area contributed by atoms with E-state index in [-0.39, 0.29) is 5.97 Å². The number of ether oxygens (including phenoxy) is 1. The zero-order valence-corrected chi connectivity index (χ0v) is 6.96. The Hall–Kier alpha value is -1.32. The molecule has 65 valence electrons. The van der Waals surface area contributed by atoms with Crippen LogP contribution in [0.4, 0.5) is 0 Å². The standard InChI is InChI=1S/C8H11N2O2/c1-12-8(11)4-2-3-7-9-5-6-10-7/h5H,2-4H2,1H3,(H,9,10). The van der Waals surface area contributed by atoms with E-state index in [0.29, 0.717) is 6.42 Å². The summed E-state index contributed by atoms with van der Waals surface area (Å²) in [4.78, 5) is 17.5. The highest BCUT2D eigenvalue weighted by molar-refractivity contribution is 5.69. The second-order valence-corrected chi connectivity index (χ2v) is 2.41. The number of rotatable bonds is 4. The van der Waals surface area contributed by atoms with Crippen molar-refractivity contribution in [1.82, 2.24) is 9.97 Å². The van der Waals surface area contributed by atoms with Crippen LogP contribution in [0.1, 0.15) is 18.7 Å². The number of hydrogen-bond acceptors (Lipinski definition) is 3. The first kappa shape index (κ1) is 8.77. The van der Waals surface area contributed by atoms with Gasteiger partial charge in [-0.2, -0.15) is 0 Å². The molecule has 4 nitrogen and oxygen atoms in total. The molecule has 1 aromatic heterocycles. The van der Waals surface area contributed by atoms with Gasteiger partial charge in [-0.15, -0.1) is 0 Å². The maximum atomic E-state index is 10.7. The molecule has 4 heteroatoms. The molecule has 0 aliphatic carbocycles. The molecule has 1 heterocycles. The van der Waals surface area contributed by atoms with Crippen molar-refractivity contribution in [3.8, 4) is 0 Å². The summed E-state index contributed by atoms with van der Waals surface area (Å²) in [6.45, 7) is 0. The van der Waals surface area contributed by atoms with Crippen LogP contribution in [0.2, 0.25) is 0 Å². The van der Waals surface area contributed by atoms with E-state index in [4.69, 9.17) is 0 Å². The zero-order valence-electron chi connectivity index (χ0n) is 6.96. The van der Waals surface area contributed by atoms with Gasteiger partial charge in [-0.05, 0) is 6.42 Å². The topological polar surface area (TPSA) is 55.0 Å². The van der Waals surface area contributed by atoms with Gasteiger partial charge < -0.3 is 9.72 Å². The average Bonchev–Trinajstić information content (AvgIpc) is 2.57. The number of methoxy groups -OCH3 is 1. The van der Waals surface area contributed by atoms with Crippen LogP contribution in [0, 0.1) is 6.20 Å². The molecular formula is C8H11N2O2. The Morgan fingerprint density at radius 1 is 1.83 bits per heavy atom. The van der Waals surface area contributed by atoms with E-state index in [9.17, 15) is 4.79 Å². The number of aromatic amines is 1. The van der Waals surface area contributed by atoms with Gasteiger partial charge in [0.2, 0.25) is 0 Å². The SMILES string of the molecule is COC(=O)CCCc1n[c]c[nH]1. The Morgan fingerprint density at radius 3 is 3.25 bits per heavy atom. The molecule has 0 fully saturated rings. The molecule has 12 heavy (non-hydrogen) atoms. The van der Waals surface area contributed by atoms with Crippen molar-refractivity contribution < 1.29 is 9.53 Å². The van der Waals surface area contributed by atoms with E-state index < -0.39 is 0 Å². The second-order valence-electron chi connectivity index (χ2n) is 2.41. The van der Waals surface area contributed by atoms with Gasteiger partial charge >= 0.3 is 5.97 Å². The lowest BCUT2D eigenvalue weighted by Gasteiger charge is -1.96. The smallest absolute Gasteiger partial charge is 0.305 e. The van der Waals surface area contributed by atoms with Crippen LogP contribution in [-0.4, -0.2) is 23.0 Å². The highest BCUT2D eigenvalue weighted by Crippen LogP contribution is 1.98. The Bertz CT molecular complexity index is 231. The minimum absolute atomic E-state index is 0.175. The number of carbonyl (C=O) groups is 1. The Kier molecular flexibility index (Phi) is 3.32. The van der Waals surface area contributed by atoms with Gasteiger partial charge in [-0.3, -0.25) is 4.79 Å². The van der Waals surface area contributed by atoms with Crippen molar-refractivity contribution in [2.75, 3.05) is 7.11 Å². The lowest BCUT2D eigenvalue weighted by molar-refractivity contribution is -0.140. The molecule has 0 saturated carbocycles. The minimum Gasteiger partial charge on any atom is -0.469 e. The van der Waals surface area contributed by atoms with Gasteiger partial charge in [0.1, 0.15) is 12.0 Å². The van der Waals surface area contributed by atoms with Gasteiger partial charge in [-0.25, -0.2) is 4.98 Å². The predicted molar refractivity (Wildman–Crippen MR) is 42.4 cm³/mol. The van der Waals surface area contributed by atoms with E-state index in [0.717, 1.165) is 18.7 Å². The van der Waals surface area contributed by atoms with Crippen molar-refractivity contribution >= 4 is 5.97 Å². The summed E-state index contributed by atoms with van der Waals surface area (Å²) in [5.74, 6) is 0.685. The van der Waals surface area contributed by atoms with Gasteiger partial charge in [0.25, 0.3) is 0 Å². The van der Waals surface area contributed by atoms with Crippen LogP contribution < -0.4 is 0 Å². The van der Waals surface area contributed by atoms with E-state index in [1.807, 2.05) is 0 Å². The number of nitrogens with zero attached hydrogens (tertiary/aromatic N) is 1. The summed E-state index contributed by atoms with van der Waals surface area (Å²) in [6.07, 6.45) is 6.27. The van der Waals surface area contributed by atoms with Crippen molar-refractivity contribution in [2.45, 2.75) is 19.3 Å². The number of nitrogens with one attached hydrogen (secondary N) is 1. The van der Waals surface area contributed by atoms with Crippen LogP contribution in [0.15, 0.2) is 6.20 Å². The third kappa shape index (κ3) is 2.74. The molecule has 0 bridgehead atoms. The molecule has 1 radical (unpaired) electrons. The van der Waals surface area contributed by atoms with Gasteiger partial charge in [-0.1, -0.05) is 0 Å². The summed E-state index contributed by atoms with van der Waals surface area (Å²) in [5.41, 5.74) is 0. The number of aryl methyl sites for hydroxylation is 1. The summed E-state index contributed by atoms with van der Waals surface area (Å²) < 4.78 is 4.49. The molecule has 0 spiro atoms. The molecule has 0 aliphatic heterocycles. The normalized spacial score (nSPS) is 9.75. The van der Waals surface area contributed by atoms with Crippen LogP contribution in [0.25, 0.3) is 0 Å². The first-order valence-electron chi connectivity index (χ1n) is 3.80. The fourth-order valence-corrected chi connectivity index (χ4v) is 0.888. The monoisotopic (exact) mass is 167 g/mol. The molecule has 1 aromatic rings. The molecule has 1 N–H and O–H groups in total. The Morgan fingerprint density at radius 2 is 2.67 bits per heavy atom. The third-order valence-electron chi connectivity index (χ3n) is 1.52. The fourth-order valence-electron chi connectivity index (χ4n) is 0.888. The summed E-state index contributed by atoms with van der Waals surface area (Å²) in [7, 11) is 1.39. The third-order valence-corrected chi connectivity index (χ3v) is 1.52. The number of H-pyrrole nitrogens is 1. The minimum atomic E-state index is -0.175. The molecular weight excluding hydrogens is 156 g/mol.